The van der Waals surface area contributed by atoms with E-state index in [9.17, 15) is 4.79 Å². The lowest BCUT2D eigenvalue weighted by molar-refractivity contribution is -0.151. The van der Waals surface area contributed by atoms with Crippen molar-refractivity contribution in [1.29, 1.82) is 0 Å². The number of esters is 1. The molecule has 3 nitrogen and oxygen atoms in total. The molecule has 0 aromatic rings. The zero-order valence-electron chi connectivity index (χ0n) is 12.0. The number of carbonyl (C=O) groups excluding carboxylic acids is 1. The van der Waals surface area contributed by atoms with E-state index in [1.165, 1.54) is 19.3 Å². The number of likely N-dealkylation sites (N-methyl/N-ethyl adjacent to an activating group) is 1. The van der Waals surface area contributed by atoms with E-state index < -0.39 is 0 Å². The number of nitrogens with zero attached hydrogens (tertiary/aromatic N) is 1. The second-order valence-corrected chi connectivity index (χ2v) is 5.06. The smallest absolute Gasteiger partial charge is 0.309 e. The summed E-state index contributed by atoms with van der Waals surface area (Å²) in [6.07, 6.45) is 4.64. The minimum Gasteiger partial charge on any atom is -0.464 e. The molecule has 0 bridgehead atoms. The third-order valence-corrected chi connectivity index (χ3v) is 3.96. The number of rotatable bonds is 6. The second kappa shape index (κ2) is 9.62. The summed E-state index contributed by atoms with van der Waals surface area (Å²) in [5.41, 5.74) is 0. The summed E-state index contributed by atoms with van der Waals surface area (Å²) in [5, 5.41) is 0. The van der Waals surface area contributed by atoms with E-state index in [-0.39, 0.29) is 24.3 Å². The Morgan fingerprint density at radius 1 is 1.22 bits per heavy atom. The normalized spacial score (nSPS) is 23.6. The molecule has 0 spiro atoms. The second-order valence-electron chi connectivity index (χ2n) is 5.06. The van der Waals surface area contributed by atoms with Crippen molar-refractivity contribution in [2.24, 2.45) is 11.8 Å². The van der Waals surface area contributed by atoms with Crippen LogP contribution in [0.2, 0.25) is 0 Å². The Morgan fingerprint density at radius 3 is 2.39 bits per heavy atom. The molecule has 4 heteroatoms. The van der Waals surface area contributed by atoms with Crippen LogP contribution in [-0.2, 0) is 9.53 Å². The standard InChI is InChI=1S/C14H27NO2.ClH/c1-4-15(5-2)10-11-17-14(16)13-9-7-6-8-12(13)3;/h12-13H,4-11H2,1-3H3;1H/t12-,13+;/m0./s1. The molecular weight excluding hydrogens is 250 g/mol. The first-order valence-corrected chi connectivity index (χ1v) is 7.08. The van der Waals surface area contributed by atoms with Crippen molar-refractivity contribution in [2.75, 3.05) is 26.2 Å². The lowest BCUT2D eigenvalue weighted by Gasteiger charge is -2.27. The van der Waals surface area contributed by atoms with Gasteiger partial charge in [-0.3, -0.25) is 4.79 Å². The van der Waals surface area contributed by atoms with Crippen molar-refractivity contribution in [1.82, 2.24) is 4.90 Å². The summed E-state index contributed by atoms with van der Waals surface area (Å²) < 4.78 is 5.41. The van der Waals surface area contributed by atoms with Crippen LogP contribution in [0.5, 0.6) is 0 Å². The van der Waals surface area contributed by atoms with Crippen LogP contribution >= 0.6 is 12.4 Å². The van der Waals surface area contributed by atoms with Crippen LogP contribution in [0.4, 0.5) is 0 Å². The highest BCUT2D eigenvalue weighted by molar-refractivity contribution is 5.85. The van der Waals surface area contributed by atoms with E-state index in [4.69, 9.17) is 4.74 Å². The molecule has 0 saturated heterocycles. The average Bonchev–Trinajstić information content (AvgIpc) is 2.35. The number of hydrogen-bond donors (Lipinski definition) is 0. The third kappa shape index (κ3) is 5.57. The molecule has 108 valence electrons. The molecule has 1 aliphatic carbocycles. The van der Waals surface area contributed by atoms with E-state index in [2.05, 4.69) is 25.7 Å². The summed E-state index contributed by atoms with van der Waals surface area (Å²) in [6, 6.07) is 0. The highest BCUT2D eigenvalue weighted by atomic mass is 35.5. The molecule has 0 amide bonds. The van der Waals surface area contributed by atoms with Crippen molar-refractivity contribution in [2.45, 2.75) is 46.5 Å². The Labute approximate surface area is 118 Å². The van der Waals surface area contributed by atoms with Crippen molar-refractivity contribution in [3.05, 3.63) is 0 Å². The van der Waals surface area contributed by atoms with Gasteiger partial charge in [0.2, 0.25) is 0 Å². The van der Waals surface area contributed by atoms with Crippen molar-refractivity contribution in [3.8, 4) is 0 Å². The van der Waals surface area contributed by atoms with Crippen LogP contribution in [0.3, 0.4) is 0 Å². The number of carbonyl (C=O) groups is 1. The maximum absolute atomic E-state index is 11.9. The van der Waals surface area contributed by atoms with Crippen LogP contribution in [-0.4, -0.2) is 37.1 Å². The fraction of sp³-hybridized carbons (Fsp3) is 0.929. The zero-order chi connectivity index (χ0) is 12.7. The predicted octanol–water partition coefficient (Wildman–Crippen LogP) is 3.12. The SMILES string of the molecule is CCN(CC)CCOC(=O)[C@@H]1CCCC[C@@H]1C.Cl. The van der Waals surface area contributed by atoms with E-state index >= 15 is 0 Å². The first-order chi connectivity index (χ1) is 8.19. The molecule has 0 heterocycles. The lowest BCUT2D eigenvalue weighted by atomic mass is 9.80. The van der Waals surface area contributed by atoms with Crippen LogP contribution in [0.1, 0.15) is 46.5 Å². The van der Waals surface area contributed by atoms with Gasteiger partial charge in [0.15, 0.2) is 0 Å². The van der Waals surface area contributed by atoms with Crippen molar-refractivity contribution in [3.63, 3.8) is 0 Å². The monoisotopic (exact) mass is 277 g/mol. The highest BCUT2D eigenvalue weighted by Crippen LogP contribution is 2.30. The first kappa shape index (κ1) is 17.7. The number of halogens is 1. The molecule has 1 aliphatic rings. The van der Waals surface area contributed by atoms with E-state index in [1.54, 1.807) is 0 Å². The Balaban J connectivity index is 0.00000289. The minimum atomic E-state index is 0. The maximum Gasteiger partial charge on any atom is 0.309 e. The molecule has 2 atom stereocenters. The summed E-state index contributed by atoms with van der Waals surface area (Å²) in [5.74, 6) is 0.689. The quantitative estimate of drug-likeness (QED) is 0.699. The maximum atomic E-state index is 11.9. The van der Waals surface area contributed by atoms with Gasteiger partial charge in [0.05, 0.1) is 5.92 Å². The molecule has 0 aromatic heterocycles. The Kier molecular flexibility index (Phi) is 9.47. The van der Waals surface area contributed by atoms with Crippen LogP contribution < -0.4 is 0 Å². The van der Waals surface area contributed by atoms with Crippen LogP contribution in [0.15, 0.2) is 0 Å². The molecule has 18 heavy (non-hydrogen) atoms. The molecule has 0 aromatic carbocycles. The van der Waals surface area contributed by atoms with E-state index in [1.807, 2.05) is 0 Å². The molecule has 0 aliphatic heterocycles. The van der Waals surface area contributed by atoms with Gasteiger partial charge in [-0.1, -0.05) is 33.6 Å². The van der Waals surface area contributed by atoms with Crippen molar-refractivity contribution >= 4 is 18.4 Å². The minimum absolute atomic E-state index is 0. The van der Waals surface area contributed by atoms with Gasteiger partial charge >= 0.3 is 5.97 Å². The van der Waals surface area contributed by atoms with E-state index in [0.717, 1.165) is 26.1 Å². The highest BCUT2D eigenvalue weighted by Gasteiger charge is 2.28. The predicted molar refractivity (Wildman–Crippen MR) is 77.1 cm³/mol. The lowest BCUT2D eigenvalue weighted by Crippen LogP contribution is -2.31. The zero-order valence-corrected chi connectivity index (χ0v) is 12.8. The number of hydrogen-bond acceptors (Lipinski definition) is 3. The van der Waals surface area contributed by atoms with Crippen molar-refractivity contribution < 1.29 is 9.53 Å². The van der Waals surface area contributed by atoms with Gasteiger partial charge in [0, 0.05) is 6.54 Å². The molecule has 0 N–H and O–H groups in total. The fourth-order valence-corrected chi connectivity index (χ4v) is 2.59. The molecule has 0 radical (unpaired) electrons. The van der Waals surface area contributed by atoms with Gasteiger partial charge in [-0.2, -0.15) is 0 Å². The molecule has 1 rings (SSSR count). The van der Waals surface area contributed by atoms with Gasteiger partial charge in [-0.05, 0) is 31.8 Å². The van der Waals surface area contributed by atoms with Gasteiger partial charge in [0.25, 0.3) is 0 Å². The summed E-state index contributed by atoms with van der Waals surface area (Å²) in [6.45, 7) is 9.89. The van der Waals surface area contributed by atoms with Crippen LogP contribution in [0, 0.1) is 11.8 Å². The van der Waals surface area contributed by atoms with Gasteiger partial charge in [-0.25, -0.2) is 0 Å². The van der Waals surface area contributed by atoms with Gasteiger partial charge in [0.1, 0.15) is 6.61 Å². The summed E-state index contributed by atoms with van der Waals surface area (Å²) >= 11 is 0. The molecule has 1 saturated carbocycles. The summed E-state index contributed by atoms with van der Waals surface area (Å²) in [7, 11) is 0. The average molecular weight is 278 g/mol. The molecular formula is C14H28ClNO2. The fourth-order valence-electron chi connectivity index (χ4n) is 2.59. The third-order valence-electron chi connectivity index (χ3n) is 3.96. The summed E-state index contributed by atoms with van der Waals surface area (Å²) in [4.78, 5) is 14.2. The number of ether oxygens (including phenoxy) is 1. The Morgan fingerprint density at radius 2 is 1.83 bits per heavy atom. The molecule has 1 fully saturated rings. The Hall–Kier alpha value is -0.280. The van der Waals surface area contributed by atoms with Gasteiger partial charge < -0.3 is 9.64 Å². The largest absolute Gasteiger partial charge is 0.464 e. The molecule has 0 unspecified atom stereocenters. The topological polar surface area (TPSA) is 29.5 Å². The van der Waals surface area contributed by atoms with E-state index in [0.29, 0.717) is 12.5 Å². The Bertz CT molecular complexity index is 232. The first-order valence-electron chi connectivity index (χ1n) is 7.08. The van der Waals surface area contributed by atoms with Crippen LogP contribution in [0.25, 0.3) is 0 Å². The van der Waals surface area contributed by atoms with Gasteiger partial charge in [-0.15, -0.1) is 12.4 Å².